The van der Waals surface area contributed by atoms with Gasteiger partial charge in [0.2, 0.25) is 0 Å². The van der Waals surface area contributed by atoms with E-state index in [0.717, 1.165) is 36.0 Å². The topological polar surface area (TPSA) is 60.7 Å². The minimum Gasteiger partial charge on any atom is -0.392 e. The molecular weight excluding hydrogens is 565 g/mol. The number of aliphatic hydroxyl groups is 3. The van der Waals surface area contributed by atoms with E-state index in [0.29, 0.717) is 0 Å². The third kappa shape index (κ3) is 17.2. The van der Waals surface area contributed by atoms with E-state index >= 15 is 0 Å². The van der Waals surface area contributed by atoms with Crippen molar-refractivity contribution >= 4 is 0 Å². The van der Waals surface area contributed by atoms with Gasteiger partial charge < -0.3 is 15.3 Å². The second-order valence-corrected chi connectivity index (χ2v) is 7.97. The monoisotopic (exact) mass is 607 g/mol. The van der Waals surface area contributed by atoms with Crippen molar-refractivity contribution in [1.29, 1.82) is 0 Å². The molecule has 0 bridgehead atoms. The molecule has 0 saturated heterocycles. The maximum Gasteiger partial charge on any atom is 0.0644 e. The van der Waals surface area contributed by atoms with Crippen LogP contribution >= 0.6 is 0 Å². The Morgan fingerprint density at radius 2 is 0.774 bits per heavy atom. The molecule has 0 fully saturated rings. The molecule has 0 aromatic carbocycles. The average Bonchev–Trinajstić information content (AvgIpc) is 2.69. The van der Waals surface area contributed by atoms with Crippen molar-refractivity contribution in [3.8, 4) is 0 Å². The first-order chi connectivity index (χ1) is 14.8. The Morgan fingerprint density at radius 3 is 1.03 bits per heavy atom. The van der Waals surface area contributed by atoms with Gasteiger partial charge in [-0.05, 0) is 93.8 Å². The van der Waals surface area contributed by atoms with Gasteiger partial charge in [0.25, 0.3) is 0 Å². The Hall–Kier alpha value is -1.03. The molecule has 3 N–H and O–H groups in total. The molecule has 0 atom stereocenters. The molecular formula is C27H42IrO3. The second-order valence-electron chi connectivity index (χ2n) is 7.97. The van der Waals surface area contributed by atoms with Crippen LogP contribution in [0.25, 0.3) is 0 Å². The van der Waals surface area contributed by atoms with Crippen molar-refractivity contribution in [2.24, 2.45) is 0 Å². The van der Waals surface area contributed by atoms with Gasteiger partial charge in [-0.2, -0.15) is 0 Å². The number of aliphatic hydroxyl groups excluding tert-OH is 3. The SMILES string of the molecule is OC/C1=C/C=C\CCCC1.OC/C1=C/C=C\CCCC1.OC/C1=C/C=C\CCCC1.[Ir]. The summed E-state index contributed by atoms with van der Waals surface area (Å²) in [7, 11) is 0. The Labute approximate surface area is 203 Å². The van der Waals surface area contributed by atoms with Crippen molar-refractivity contribution in [1.82, 2.24) is 0 Å². The van der Waals surface area contributed by atoms with E-state index in [4.69, 9.17) is 15.3 Å². The van der Waals surface area contributed by atoms with Gasteiger partial charge >= 0.3 is 0 Å². The van der Waals surface area contributed by atoms with Crippen LogP contribution in [0.4, 0.5) is 0 Å². The Bertz CT molecular complexity index is 526. The predicted molar refractivity (Wildman–Crippen MR) is 128 cm³/mol. The molecule has 0 aliphatic heterocycles. The van der Waals surface area contributed by atoms with Crippen molar-refractivity contribution in [3.05, 3.63) is 71.4 Å². The first-order valence-corrected chi connectivity index (χ1v) is 11.7. The zero-order valence-corrected chi connectivity index (χ0v) is 21.4. The standard InChI is InChI=1S/3C9H14O.Ir/c3*10-8-9-6-4-2-1-3-5-7-9;/h3*2,4,6,10H,1,3,5,7-8H2;/b3*4-2-,9-6+;. The summed E-state index contributed by atoms with van der Waals surface area (Å²) in [5.74, 6) is 0. The van der Waals surface area contributed by atoms with Crippen LogP contribution in [0, 0.1) is 0 Å². The smallest absolute Gasteiger partial charge is 0.0644 e. The summed E-state index contributed by atoms with van der Waals surface area (Å²) in [4.78, 5) is 0. The number of hydrogen-bond donors (Lipinski definition) is 3. The molecule has 0 aromatic heterocycles. The van der Waals surface area contributed by atoms with Crippen LogP contribution in [0.3, 0.4) is 0 Å². The van der Waals surface area contributed by atoms with Crippen LogP contribution in [0.1, 0.15) is 77.0 Å². The van der Waals surface area contributed by atoms with Gasteiger partial charge in [-0.25, -0.2) is 0 Å². The number of hydrogen-bond acceptors (Lipinski definition) is 3. The minimum atomic E-state index is 0. The van der Waals surface area contributed by atoms with Crippen LogP contribution < -0.4 is 0 Å². The number of rotatable bonds is 3. The summed E-state index contributed by atoms with van der Waals surface area (Å²) >= 11 is 0. The van der Waals surface area contributed by atoms with Crippen LogP contribution in [-0.4, -0.2) is 35.1 Å². The predicted octanol–water partition coefficient (Wildman–Crippen LogP) is 6.10. The van der Waals surface area contributed by atoms with Crippen molar-refractivity contribution in [3.63, 3.8) is 0 Å². The van der Waals surface area contributed by atoms with Gasteiger partial charge in [0.1, 0.15) is 0 Å². The van der Waals surface area contributed by atoms with Gasteiger partial charge in [0, 0.05) is 20.1 Å². The summed E-state index contributed by atoms with van der Waals surface area (Å²) in [6, 6.07) is 0. The van der Waals surface area contributed by atoms with Gasteiger partial charge in [-0.15, -0.1) is 0 Å². The third-order valence-electron chi connectivity index (χ3n) is 5.37. The molecule has 0 amide bonds. The van der Waals surface area contributed by atoms with E-state index in [1.54, 1.807) is 0 Å². The maximum absolute atomic E-state index is 8.81. The van der Waals surface area contributed by atoms with Crippen LogP contribution in [0.15, 0.2) is 71.4 Å². The van der Waals surface area contributed by atoms with Crippen molar-refractivity contribution in [2.75, 3.05) is 19.8 Å². The Kier molecular flexibility index (Phi) is 21.4. The van der Waals surface area contributed by atoms with Gasteiger partial charge in [-0.3, -0.25) is 0 Å². The normalized spacial score (nSPS) is 27.0. The Morgan fingerprint density at radius 1 is 0.484 bits per heavy atom. The molecule has 3 aliphatic rings. The molecule has 3 rings (SSSR count). The quantitative estimate of drug-likeness (QED) is 0.364. The molecule has 3 nitrogen and oxygen atoms in total. The fourth-order valence-corrected chi connectivity index (χ4v) is 3.39. The zero-order valence-electron chi connectivity index (χ0n) is 19.0. The largest absolute Gasteiger partial charge is 0.392 e. The van der Waals surface area contributed by atoms with Crippen molar-refractivity contribution in [2.45, 2.75) is 77.0 Å². The van der Waals surface area contributed by atoms with E-state index < -0.39 is 0 Å². The summed E-state index contributed by atoms with van der Waals surface area (Å²) in [5.41, 5.74) is 3.49. The molecule has 0 heterocycles. The summed E-state index contributed by atoms with van der Waals surface area (Å²) in [6.45, 7) is 0.680. The minimum absolute atomic E-state index is 0. The maximum atomic E-state index is 8.81. The molecule has 0 unspecified atom stereocenters. The Balaban J connectivity index is 0.000000429. The molecule has 31 heavy (non-hydrogen) atoms. The molecule has 177 valence electrons. The summed E-state index contributed by atoms with van der Waals surface area (Å²) < 4.78 is 0. The fourth-order valence-electron chi connectivity index (χ4n) is 3.39. The van der Waals surface area contributed by atoms with Crippen molar-refractivity contribution < 1.29 is 35.4 Å². The summed E-state index contributed by atoms with van der Waals surface area (Å²) in [5, 5.41) is 26.4. The fraction of sp³-hybridized carbons (Fsp3) is 0.556. The second kappa shape index (κ2) is 22.2. The van der Waals surface area contributed by atoms with Gasteiger partial charge in [0.05, 0.1) is 19.8 Å². The van der Waals surface area contributed by atoms with E-state index in [9.17, 15) is 0 Å². The van der Waals surface area contributed by atoms with E-state index in [1.807, 2.05) is 36.5 Å². The van der Waals surface area contributed by atoms with Crippen LogP contribution in [0.2, 0.25) is 0 Å². The molecule has 1 radical (unpaired) electrons. The van der Waals surface area contributed by atoms with E-state index in [1.165, 1.54) is 57.8 Å². The zero-order chi connectivity index (χ0) is 21.7. The number of allylic oxidation sites excluding steroid dienone is 9. The first kappa shape index (κ1) is 30.0. The first-order valence-electron chi connectivity index (χ1n) is 11.7. The molecule has 0 saturated carbocycles. The molecule has 3 aliphatic carbocycles. The van der Waals surface area contributed by atoms with Crippen LogP contribution in [-0.2, 0) is 20.1 Å². The van der Waals surface area contributed by atoms with E-state index in [-0.39, 0.29) is 39.9 Å². The molecule has 4 heteroatoms. The van der Waals surface area contributed by atoms with Crippen LogP contribution in [0.5, 0.6) is 0 Å². The van der Waals surface area contributed by atoms with Gasteiger partial charge in [-0.1, -0.05) is 54.7 Å². The van der Waals surface area contributed by atoms with Gasteiger partial charge in [0.15, 0.2) is 0 Å². The molecule has 0 spiro atoms. The third-order valence-corrected chi connectivity index (χ3v) is 5.37. The van der Waals surface area contributed by atoms with E-state index in [2.05, 4.69) is 18.2 Å². The summed E-state index contributed by atoms with van der Waals surface area (Å²) in [6.07, 6.45) is 32.9. The molecule has 0 aromatic rings. The average molecular weight is 607 g/mol.